The summed E-state index contributed by atoms with van der Waals surface area (Å²) in [5.74, 6) is 0.800. The molecule has 2 atom stereocenters. The molecule has 0 fully saturated rings. The van der Waals surface area contributed by atoms with Gasteiger partial charge in [0.2, 0.25) is 0 Å². The second kappa shape index (κ2) is 9.45. The average Bonchev–Trinajstić information content (AvgIpc) is 3.00. The Balaban J connectivity index is 1.85. The largest absolute Gasteiger partial charge is 0.375 e. The van der Waals surface area contributed by atoms with Crippen LogP contribution in [0.2, 0.25) is 0 Å². The van der Waals surface area contributed by atoms with Crippen molar-refractivity contribution in [3.8, 4) is 0 Å². The van der Waals surface area contributed by atoms with Crippen LogP contribution in [0.4, 0.5) is 0 Å². The van der Waals surface area contributed by atoms with Crippen LogP contribution in [0.1, 0.15) is 28.3 Å². The number of methoxy groups -OCH3 is 1. The number of thiophene rings is 1. The van der Waals surface area contributed by atoms with Crippen molar-refractivity contribution in [2.45, 2.75) is 32.4 Å². The standard InChI is InChI=1S/C19H27N3OS/c1-14(12-17-11-10-15(2)24-17)22-19(20-3)21-13-18(23-4)16-8-6-5-7-9-16/h5-11,14,18H,12-13H2,1-4H3,(H2,20,21,22). The number of ether oxygens (including phenoxy) is 1. The van der Waals surface area contributed by atoms with E-state index in [1.807, 2.05) is 29.5 Å². The lowest BCUT2D eigenvalue weighted by Gasteiger charge is -2.21. The first-order valence-electron chi connectivity index (χ1n) is 8.22. The molecule has 0 aliphatic rings. The van der Waals surface area contributed by atoms with Crippen LogP contribution < -0.4 is 10.6 Å². The highest BCUT2D eigenvalue weighted by Gasteiger charge is 2.12. The van der Waals surface area contributed by atoms with Crippen molar-refractivity contribution >= 4 is 17.3 Å². The summed E-state index contributed by atoms with van der Waals surface area (Å²) in [7, 11) is 3.53. The van der Waals surface area contributed by atoms with Gasteiger partial charge in [0.25, 0.3) is 0 Å². The van der Waals surface area contributed by atoms with Crippen molar-refractivity contribution in [3.63, 3.8) is 0 Å². The van der Waals surface area contributed by atoms with Gasteiger partial charge in [0.1, 0.15) is 0 Å². The van der Waals surface area contributed by atoms with Gasteiger partial charge in [-0.1, -0.05) is 30.3 Å². The summed E-state index contributed by atoms with van der Waals surface area (Å²) >= 11 is 1.85. The van der Waals surface area contributed by atoms with Gasteiger partial charge < -0.3 is 15.4 Å². The molecule has 24 heavy (non-hydrogen) atoms. The molecular formula is C19H27N3OS. The number of aliphatic imine (C=N–C) groups is 1. The van der Waals surface area contributed by atoms with Crippen LogP contribution in [0.3, 0.4) is 0 Å². The number of nitrogens with one attached hydrogen (secondary N) is 2. The molecule has 2 aromatic rings. The molecule has 0 aliphatic heterocycles. The first-order valence-corrected chi connectivity index (χ1v) is 9.04. The van der Waals surface area contributed by atoms with Crippen molar-refractivity contribution < 1.29 is 4.74 Å². The quantitative estimate of drug-likeness (QED) is 0.596. The lowest BCUT2D eigenvalue weighted by molar-refractivity contribution is 0.106. The summed E-state index contributed by atoms with van der Waals surface area (Å²) in [6.45, 7) is 4.99. The van der Waals surface area contributed by atoms with Gasteiger partial charge in [-0.05, 0) is 31.5 Å². The molecule has 4 nitrogen and oxygen atoms in total. The zero-order valence-corrected chi connectivity index (χ0v) is 15.7. The minimum absolute atomic E-state index is 0.00000156. The van der Waals surface area contributed by atoms with E-state index < -0.39 is 0 Å². The van der Waals surface area contributed by atoms with Crippen molar-refractivity contribution in [1.82, 2.24) is 10.6 Å². The lowest BCUT2D eigenvalue weighted by atomic mass is 10.1. The second-order valence-electron chi connectivity index (χ2n) is 5.85. The van der Waals surface area contributed by atoms with E-state index in [-0.39, 0.29) is 6.10 Å². The molecule has 1 aromatic carbocycles. The number of hydrogen-bond acceptors (Lipinski definition) is 3. The summed E-state index contributed by atoms with van der Waals surface area (Å²) in [5, 5.41) is 6.80. The van der Waals surface area contributed by atoms with Crippen molar-refractivity contribution in [2.24, 2.45) is 4.99 Å². The first-order chi connectivity index (χ1) is 11.6. The maximum absolute atomic E-state index is 5.59. The van der Waals surface area contributed by atoms with Crippen LogP contribution in [-0.4, -0.2) is 32.7 Å². The maximum Gasteiger partial charge on any atom is 0.191 e. The Hall–Kier alpha value is -1.85. The van der Waals surface area contributed by atoms with E-state index in [9.17, 15) is 0 Å². The molecule has 1 aromatic heterocycles. The fraction of sp³-hybridized carbons (Fsp3) is 0.421. The third kappa shape index (κ3) is 5.65. The number of nitrogens with zero attached hydrogens (tertiary/aromatic N) is 1. The molecule has 5 heteroatoms. The summed E-state index contributed by atoms with van der Waals surface area (Å²) in [6, 6.07) is 14.9. The Labute approximate surface area is 149 Å². The van der Waals surface area contributed by atoms with Gasteiger partial charge in [0.05, 0.1) is 6.10 Å². The van der Waals surface area contributed by atoms with Gasteiger partial charge in [0.15, 0.2) is 5.96 Å². The van der Waals surface area contributed by atoms with Crippen LogP contribution in [0.15, 0.2) is 47.5 Å². The molecule has 1 heterocycles. The summed E-state index contributed by atoms with van der Waals surface area (Å²) < 4.78 is 5.59. The molecule has 2 unspecified atom stereocenters. The van der Waals surface area contributed by atoms with E-state index in [0.717, 1.165) is 17.9 Å². The fourth-order valence-electron chi connectivity index (χ4n) is 2.57. The Kier molecular flexibility index (Phi) is 7.28. The maximum atomic E-state index is 5.59. The molecule has 0 spiro atoms. The number of rotatable bonds is 7. The predicted octanol–water partition coefficient (Wildman–Crippen LogP) is 3.54. The summed E-state index contributed by atoms with van der Waals surface area (Å²) in [4.78, 5) is 7.06. The molecule has 0 saturated heterocycles. The van der Waals surface area contributed by atoms with Gasteiger partial charge in [-0.25, -0.2) is 0 Å². The summed E-state index contributed by atoms with van der Waals surface area (Å²) in [5.41, 5.74) is 1.16. The van der Waals surface area contributed by atoms with Crippen LogP contribution in [0, 0.1) is 6.92 Å². The van der Waals surface area contributed by atoms with E-state index in [0.29, 0.717) is 12.6 Å². The van der Waals surface area contributed by atoms with Gasteiger partial charge in [-0.3, -0.25) is 4.99 Å². The van der Waals surface area contributed by atoms with Gasteiger partial charge in [-0.2, -0.15) is 0 Å². The first kappa shape index (κ1) is 18.5. The molecule has 130 valence electrons. The highest BCUT2D eigenvalue weighted by atomic mass is 32.1. The number of aryl methyl sites for hydroxylation is 1. The van der Waals surface area contributed by atoms with E-state index in [1.54, 1.807) is 14.2 Å². The van der Waals surface area contributed by atoms with E-state index in [1.165, 1.54) is 9.75 Å². The van der Waals surface area contributed by atoms with Crippen molar-refractivity contribution in [3.05, 3.63) is 57.8 Å². The average molecular weight is 346 g/mol. The minimum Gasteiger partial charge on any atom is -0.375 e. The zero-order chi connectivity index (χ0) is 17.4. The van der Waals surface area contributed by atoms with Crippen molar-refractivity contribution in [1.29, 1.82) is 0 Å². The molecule has 2 N–H and O–H groups in total. The Bertz CT molecular complexity index is 639. The third-order valence-corrected chi connectivity index (χ3v) is 4.84. The molecule has 0 bridgehead atoms. The molecule has 2 rings (SSSR count). The molecule has 0 aliphatic carbocycles. The SMILES string of the molecule is CN=C(NCC(OC)c1ccccc1)NC(C)Cc1ccc(C)s1. The normalized spacial score (nSPS) is 14.2. The molecular weight excluding hydrogens is 318 g/mol. The van der Waals surface area contributed by atoms with Crippen LogP contribution in [-0.2, 0) is 11.2 Å². The van der Waals surface area contributed by atoms with E-state index in [4.69, 9.17) is 4.74 Å². The predicted molar refractivity (Wildman–Crippen MR) is 103 cm³/mol. The second-order valence-corrected chi connectivity index (χ2v) is 7.22. The zero-order valence-electron chi connectivity index (χ0n) is 14.9. The van der Waals surface area contributed by atoms with Crippen LogP contribution in [0.25, 0.3) is 0 Å². The number of guanidine groups is 1. The lowest BCUT2D eigenvalue weighted by Crippen LogP contribution is -2.44. The fourth-order valence-corrected chi connectivity index (χ4v) is 3.59. The Morgan fingerprint density at radius 2 is 1.96 bits per heavy atom. The Morgan fingerprint density at radius 1 is 1.21 bits per heavy atom. The van der Waals surface area contributed by atoms with Crippen LogP contribution in [0.5, 0.6) is 0 Å². The smallest absolute Gasteiger partial charge is 0.191 e. The van der Waals surface area contributed by atoms with Gasteiger partial charge >= 0.3 is 0 Å². The monoisotopic (exact) mass is 345 g/mol. The van der Waals surface area contributed by atoms with Crippen molar-refractivity contribution in [2.75, 3.05) is 20.7 Å². The highest BCUT2D eigenvalue weighted by Crippen LogP contribution is 2.17. The minimum atomic E-state index is 0.00000156. The van der Waals surface area contributed by atoms with E-state index >= 15 is 0 Å². The number of hydrogen-bond donors (Lipinski definition) is 2. The van der Waals surface area contributed by atoms with Crippen LogP contribution >= 0.6 is 11.3 Å². The summed E-state index contributed by atoms with van der Waals surface area (Å²) in [6.07, 6.45) is 0.992. The molecule has 0 saturated carbocycles. The van der Waals surface area contributed by atoms with E-state index in [2.05, 4.69) is 53.7 Å². The van der Waals surface area contributed by atoms with Gasteiger partial charge in [0, 0.05) is 42.9 Å². The third-order valence-electron chi connectivity index (χ3n) is 3.82. The topological polar surface area (TPSA) is 45.7 Å². The Morgan fingerprint density at radius 3 is 2.54 bits per heavy atom. The highest BCUT2D eigenvalue weighted by molar-refractivity contribution is 7.11. The number of benzene rings is 1. The molecule has 0 radical (unpaired) electrons. The van der Waals surface area contributed by atoms with Gasteiger partial charge in [-0.15, -0.1) is 11.3 Å². The molecule has 0 amide bonds.